The summed E-state index contributed by atoms with van der Waals surface area (Å²) < 4.78 is 35.6. The van der Waals surface area contributed by atoms with Gasteiger partial charge >= 0.3 is 6.18 Å². The van der Waals surface area contributed by atoms with E-state index in [1.165, 1.54) is 11.1 Å². The molecule has 1 aromatic rings. The van der Waals surface area contributed by atoms with Gasteiger partial charge in [-0.3, -0.25) is 4.79 Å². The fraction of sp³-hybridized carbons (Fsp3) is 0.357. The van der Waals surface area contributed by atoms with Crippen LogP contribution in [0, 0.1) is 5.92 Å². The first kappa shape index (κ1) is 13.6. The molecule has 1 aliphatic carbocycles. The lowest BCUT2D eigenvalue weighted by molar-refractivity contribution is -0.117. The topological polar surface area (TPSA) is 29.1 Å². The SMILES string of the molecule is O=C(/C=C/C(F)(F)F)NCC1Cc2ccccc2C1. The Labute approximate surface area is 109 Å². The fourth-order valence-corrected chi connectivity index (χ4v) is 2.27. The van der Waals surface area contributed by atoms with E-state index >= 15 is 0 Å². The van der Waals surface area contributed by atoms with Gasteiger partial charge in [0, 0.05) is 18.7 Å². The zero-order valence-electron chi connectivity index (χ0n) is 10.2. The minimum Gasteiger partial charge on any atom is -0.352 e. The van der Waals surface area contributed by atoms with Crippen LogP contribution in [0.25, 0.3) is 0 Å². The van der Waals surface area contributed by atoms with Crippen molar-refractivity contribution in [1.82, 2.24) is 5.32 Å². The summed E-state index contributed by atoms with van der Waals surface area (Å²) in [6.07, 6.45) is -2.24. The molecule has 102 valence electrons. The number of carbonyl (C=O) groups excluding carboxylic acids is 1. The summed E-state index contributed by atoms with van der Waals surface area (Å²) in [4.78, 5) is 11.2. The molecule has 0 heterocycles. The van der Waals surface area contributed by atoms with Gasteiger partial charge in [0.05, 0.1) is 0 Å². The molecule has 5 heteroatoms. The summed E-state index contributed by atoms with van der Waals surface area (Å²) in [7, 11) is 0. The van der Waals surface area contributed by atoms with Crippen LogP contribution in [0.2, 0.25) is 0 Å². The van der Waals surface area contributed by atoms with Crippen LogP contribution in [0.15, 0.2) is 36.4 Å². The van der Waals surface area contributed by atoms with Crippen molar-refractivity contribution in [2.24, 2.45) is 5.92 Å². The Morgan fingerprint density at radius 1 is 1.26 bits per heavy atom. The second-order valence-electron chi connectivity index (χ2n) is 4.66. The Morgan fingerprint density at radius 3 is 2.37 bits per heavy atom. The van der Waals surface area contributed by atoms with Gasteiger partial charge in [0.15, 0.2) is 0 Å². The standard InChI is InChI=1S/C14H14F3NO/c15-14(16,17)6-5-13(19)18-9-10-7-11-3-1-2-4-12(11)8-10/h1-6,10H,7-9H2,(H,18,19)/b6-5+. The Hall–Kier alpha value is -1.78. The van der Waals surface area contributed by atoms with E-state index in [1.807, 2.05) is 24.3 Å². The number of alkyl halides is 3. The number of allylic oxidation sites excluding steroid dienone is 1. The number of nitrogens with one attached hydrogen (secondary N) is 1. The van der Waals surface area contributed by atoms with E-state index in [9.17, 15) is 18.0 Å². The van der Waals surface area contributed by atoms with Crippen LogP contribution in [0.3, 0.4) is 0 Å². The molecule has 0 radical (unpaired) electrons. The highest BCUT2D eigenvalue weighted by molar-refractivity contribution is 5.87. The van der Waals surface area contributed by atoms with Crippen LogP contribution in [-0.2, 0) is 17.6 Å². The molecule has 2 rings (SSSR count). The predicted octanol–water partition coefficient (Wildman–Crippen LogP) is 2.64. The summed E-state index contributed by atoms with van der Waals surface area (Å²) in [5, 5.41) is 2.51. The smallest absolute Gasteiger partial charge is 0.352 e. The molecule has 1 amide bonds. The van der Waals surface area contributed by atoms with Gasteiger partial charge in [-0.25, -0.2) is 0 Å². The third kappa shape index (κ3) is 4.12. The average molecular weight is 269 g/mol. The summed E-state index contributed by atoms with van der Waals surface area (Å²) >= 11 is 0. The van der Waals surface area contributed by atoms with Gasteiger partial charge in [-0.2, -0.15) is 13.2 Å². The van der Waals surface area contributed by atoms with Gasteiger partial charge < -0.3 is 5.32 Å². The minimum absolute atomic E-state index is 0.0499. The Kier molecular flexibility index (Phi) is 3.93. The maximum Gasteiger partial charge on any atom is 0.409 e. The van der Waals surface area contributed by atoms with E-state index in [0.29, 0.717) is 12.6 Å². The first-order valence-electron chi connectivity index (χ1n) is 6.04. The third-order valence-corrected chi connectivity index (χ3v) is 3.12. The Morgan fingerprint density at radius 2 is 1.84 bits per heavy atom. The molecule has 0 fully saturated rings. The number of fused-ring (bicyclic) bond motifs is 1. The average Bonchev–Trinajstić information content (AvgIpc) is 2.75. The lowest BCUT2D eigenvalue weighted by Gasteiger charge is -2.09. The van der Waals surface area contributed by atoms with Crippen molar-refractivity contribution in [3.05, 3.63) is 47.5 Å². The van der Waals surface area contributed by atoms with Crippen molar-refractivity contribution in [1.29, 1.82) is 0 Å². The zero-order valence-corrected chi connectivity index (χ0v) is 10.2. The van der Waals surface area contributed by atoms with Crippen molar-refractivity contribution in [2.45, 2.75) is 19.0 Å². The highest BCUT2D eigenvalue weighted by Gasteiger charge is 2.23. The molecule has 19 heavy (non-hydrogen) atoms. The van der Waals surface area contributed by atoms with Crippen LogP contribution in [-0.4, -0.2) is 18.6 Å². The van der Waals surface area contributed by atoms with Gasteiger partial charge in [-0.15, -0.1) is 0 Å². The molecule has 1 aromatic carbocycles. The number of rotatable bonds is 3. The van der Waals surface area contributed by atoms with Gasteiger partial charge in [-0.05, 0) is 29.9 Å². The van der Waals surface area contributed by atoms with E-state index in [4.69, 9.17) is 0 Å². The normalized spacial score (nSPS) is 15.7. The number of hydrogen-bond donors (Lipinski definition) is 1. The second kappa shape index (κ2) is 5.47. The van der Waals surface area contributed by atoms with Crippen molar-refractivity contribution in [3.8, 4) is 0 Å². The number of carbonyl (C=O) groups is 1. The number of amides is 1. The van der Waals surface area contributed by atoms with Crippen molar-refractivity contribution in [3.63, 3.8) is 0 Å². The van der Waals surface area contributed by atoms with Gasteiger partial charge in [-0.1, -0.05) is 24.3 Å². The summed E-state index contributed by atoms with van der Waals surface area (Å²) in [5.41, 5.74) is 2.51. The maximum atomic E-state index is 11.9. The van der Waals surface area contributed by atoms with Crippen LogP contribution in [0.5, 0.6) is 0 Å². The predicted molar refractivity (Wildman–Crippen MR) is 65.5 cm³/mol. The van der Waals surface area contributed by atoms with Gasteiger partial charge in [0.25, 0.3) is 0 Å². The van der Waals surface area contributed by atoms with Gasteiger partial charge in [0.1, 0.15) is 0 Å². The highest BCUT2D eigenvalue weighted by atomic mass is 19.4. The molecule has 0 saturated carbocycles. The zero-order chi connectivity index (χ0) is 13.9. The van der Waals surface area contributed by atoms with Crippen molar-refractivity contribution < 1.29 is 18.0 Å². The van der Waals surface area contributed by atoms with Gasteiger partial charge in [0.2, 0.25) is 5.91 Å². The summed E-state index contributed by atoms with van der Waals surface area (Å²) in [6.45, 7) is 0.399. The summed E-state index contributed by atoms with van der Waals surface area (Å²) in [6, 6.07) is 8.01. The third-order valence-electron chi connectivity index (χ3n) is 3.12. The number of benzene rings is 1. The molecule has 0 aliphatic heterocycles. The first-order chi connectivity index (χ1) is 8.94. The largest absolute Gasteiger partial charge is 0.409 e. The number of hydrogen-bond acceptors (Lipinski definition) is 1. The molecule has 0 atom stereocenters. The Bertz CT molecular complexity index is 469. The van der Waals surface area contributed by atoms with E-state index in [1.54, 1.807) is 0 Å². The lowest BCUT2D eigenvalue weighted by atomic mass is 10.1. The van der Waals surface area contributed by atoms with E-state index in [2.05, 4.69) is 5.32 Å². The molecule has 0 aromatic heterocycles. The molecule has 2 nitrogen and oxygen atoms in total. The van der Waals surface area contributed by atoms with E-state index < -0.39 is 12.1 Å². The molecule has 0 bridgehead atoms. The molecule has 0 unspecified atom stereocenters. The van der Waals surface area contributed by atoms with Crippen molar-refractivity contribution >= 4 is 5.91 Å². The minimum atomic E-state index is -4.44. The van der Waals surface area contributed by atoms with E-state index in [-0.39, 0.29) is 12.0 Å². The van der Waals surface area contributed by atoms with Crippen LogP contribution in [0.4, 0.5) is 13.2 Å². The second-order valence-corrected chi connectivity index (χ2v) is 4.66. The molecular weight excluding hydrogens is 255 g/mol. The number of halogens is 3. The molecule has 1 aliphatic rings. The first-order valence-corrected chi connectivity index (χ1v) is 6.04. The van der Waals surface area contributed by atoms with Crippen LogP contribution < -0.4 is 5.32 Å². The van der Waals surface area contributed by atoms with Crippen LogP contribution >= 0.6 is 0 Å². The molecular formula is C14H14F3NO. The maximum absolute atomic E-state index is 11.9. The quantitative estimate of drug-likeness (QED) is 0.840. The van der Waals surface area contributed by atoms with Crippen LogP contribution in [0.1, 0.15) is 11.1 Å². The fourth-order valence-electron chi connectivity index (χ4n) is 2.27. The lowest BCUT2D eigenvalue weighted by Crippen LogP contribution is -2.28. The van der Waals surface area contributed by atoms with E-state index in [0.717, 1.165) is 12.8 Å². The molecule has 0 saturated heterocycles. The van der Waals surface area contributed by atoms with Crippen molar-refractivity contribution in [2.75, 3.05) is 6.54 Å². The molecule has 0 spiro atoms. The Balaban J connectivity index is 1.79. The molecule has 1 N–H and O–H groups in total. The highest BCUT2D eigenvalue weighted by Crippen LogP contribution is 2.25. The monoisotopic (exact) mass is 269 g/mol. The summed E-state index contributed by atoms with van der Waals surface area (Å²) in [5.74, 6) is -0.436.